The second-order valence-electron chi connectivity index (χ2n) is 6.93. The van der Waals surface area contributed by atoms with Gasteiger partial charge in [0.25, 0.3) is 0 Å². The van der Waals surface area contributed by atoms with Gasteiger partial charge in [0.2, 0.25) is 11.8 Å². The standard InChI is InChI=1S/C20H27N5O3/c1-15-20(16(2)25(22-15)17-7-5-4-6-8-17)21-18(26)13-23-9-11-24(12-10-23)19(27)14-28-3/h4-8H,9-14H2,1-3H3,(H,21,26). The largest absolute Gasteiger partial charge is 0.375 e. The van der Waals surface area contributed by atoms with Crippen LogP contribution in [0.5, 0.6) is 0 Å². The molecular formula is C20H27N5O3. The molecule has 1 aromatic heterocycles. The van der Waals surface area contributed by atoms with Crippen LogP contribution in [0.1, 0.15) is 11.4 Å². The average Bonchev–Trinajstić information content (AvgIpc) is 2.97. The Morgan fingerprint density at radius 2 is 1.79 bits per heavy atom. The van der Waals surface area contributed by atoms with Crippen LogP contribution in [0.2, 0.25) is 0 Å². The van der Waals surface area contributed by atoms with Gasteiger partial charge in [0.1, 0.15) is 6.61 Å². The molecule has 0 aliphatic carbocycles. The van der Waals surface area contributed by atoms with Crippen molar-refractivity contribution in [1.82, 2.24) is 19.6 Å². The number of rotatable bonds is 6. The number of nitrogens with one attached hydrogen (secondary N) is 1. The molecule has 1 saturated heterocycles. The number of hydrogen-bond acceptors (Lipinski definition) is 5. The Labute approximate surface area is 165 Å². The lowest BCUT2D eigenvalue weighted by Gasteiger charge is -2.34. The number of aromatic nitrogens is 2. The van der Waals surface area contributed by atoms with E-state index < -0.39 is 0 Å². The van der Waals surface area contributed by atoms with Crippen molar-refractivity contribution in [3.05, 3.63) is 41.7 Å². The van der Waals surface area contributed by atoms with Crippen molar-refractivity contribution in [3.63, 3.8) is 0 Å². The van der Waals surface area contributed by atoms with Crippen LogP contribution in [-0.4, -0.2) is 77.8 Å². The fourth-order valence-electron chi connectivity index (χ4n) is 3.40. The number of anilines is 1. The molecule has 0 unspecified atom stereocenters. The first-order valence-corrected chi connectivity index (χ1v) is 9.40. The minimum Gasteiger partial charge on any atom is -0.375 e. The Bertz CT molecular complexity index is 826. The maximum Gasteiger partial charge on any atom is 0.248 e. The van der Waals surface area contributed by atoms with Gasteiger partial charge in [0, 0.05) is 33.3 Å². The molecule has 1 N–H and O–H groups in total. The van der Waals surface area contributed by atoms with Crippen LogP contribution >= 0.6 is 0 Å². The summed E-state index contributed by atoms with van der Waals surface area (Å²) in [6.45, 7) is 6.80. The number of ether oxygens (including phenoxy) is 1. The molecule has 2 heterocycles. The second-order valence-corrected chi connectivity index (χ2v) is 6.93. The SMILES string of the molecule is COCC(=O)N1CCN(CC(=O)Nc2c(C)nn(-c3ccccc3)c2C)CC1. The van der Waals surface area contributed by atoms with Crippen molar-refractivity contribution in [2.24, 2.45) is 0 Å². The molecule has 1 fully saturated rings. The summed E-state index contributed by atoms with van der Waals surface area (Å²) < 4.78 is 6.73. The van der Waals surface area contributed by atoms with E-state index in [9.17, 15) is 9.59 Å². The predicted octanol–water partition coefficient (Wildman–Crippen LogP) is 1.22. The molecular weight excluding hydrogens is 358 g/mol. The van der Waals surface area contributed by atoms with E-state index >= 15 is 0 Å². The summed E-state index contributed by atoms with van der Waals surface area (Å²) in [5.74, 6) is -0.0818. The number of para-hydroxylation sites is 1. The first-order valence-electron chi connectivity index (χ1n) is 9.40. The Kier molecular flexibility index (Phi) is 6.43. The number of benzene rings is 1. The monoisotopic (exact) mass is 385 g/mol. The smallest absolute Gasteiger partial charge is 0.248 e. The number of aryl methyl sites for hydroxylation is 1. The van der Waals surface area contributed by atoms with Gasteiger partial charge in [-0.05, 0) is 26.0 Å². The maximum atomic E-state index is 12.6. The molecule has 1 aliphatic rings. The molecule has 2 amide bonds. The Morgan fingerprint density at radius 3 is 2.43 bits per heavy atom. The Morgan fingerprint density at radius 1 is 1.11 bits per heavy atom. The third-order valence-corrected chi connectivity index (χ3v) is 4.92. The van der Waals surface area contributed by atoms with Crippen LogP contribution in [0, 0.1) is 13.8 Å². The lowest BCUT2D eigenvalue weighted by molar-refractivity contribution is -0.137. The summed E-state index contributed by atoms with van der Waals surface area (Å²) in [6, 6.07) is 9.84. The molecule has 3 rings (SSSR count). The van der Waals surface area contributed by atoms with Gasteiger partial charge >= 0.3 is 0 Å². The lowest BCUT2D eigenvalue weighted by atomic mass is 10.2. The van der Waals surface area contributed by atoms with Crippen LogP contribution in [0.25, 0.3) is 5.69 Å². The van der Waals surface area contributed by atoms with Gasteiger partial charge in [-0.2, -0.15) is 5.10 Å². The highest BCUT2D eigenvalue weighted by Crippen LogP contribution is 2.22. The minimum atomic E-state index is -0.0736. The van der Waals surface area contributed by atoms with Crippen LogP contribution in [0.4, 0.5) is 5.69 Å². The molecule has 0 bridgehead atoms. The van der Waals surface area contributed by atoms with Crippen molar-refractivity contribution < 1.29 is 14.3 Å². The van der Waals surface area contributed by atoms with Crippen LogP contribution in [-0.2, 0) is 14.3 Å². The van der Waals surface area contributed by atoms with Gasteiger partial charge in [-0.3, -0.25) is 14.5 Å². The van der Waals surface area contributed by atoms with Crippen molar-refractivity contribution in [1.29, 1.82) is 0 Å². The predicted molar refractivity (Wildman–Crippen MR) is 107 cm³/mol. The van der Waals surface area contributed by atoms with Gasteiger partial charge in [-0.25, -0.2) is 4.68 Å². The van der Waals surface area contributed by atoms with Gasteiger partial charge in [0.05, 0.1) is 29.3 Å². The summed E-state index contributed by atoms with van der Waals surface area (Å²) >= 11 is 0. The number of nitrogens with zero attached hydrogens (tertiary/aromatic N) is 4. The number of carbonyl (C=O) groups excluding carboxylic acids is 2. The first kappa shape index (κ1) is 20.0. The fourth-order valence-corrected chi connectivity index (χ4v) is 3.40. The maximum absolute atomic E-state index is 12.6. The van der Waals surface area contributed by atoms with E-state index in [1.165, 1.54) is 7.11 Å². The highest BCUT2D eigenvalue weighted by atomic mass is 16.5. The van der Waals surface area contributed by atoms with E-state index in [-0.39, 0.29) is 18.4 Å². The van der Waals surface area contributed by atoms with Crippen molar-refractivity contribution in [3.8, 4) is 5.69 Å². The zero-order valence-corrected chi connectivity index (χ0v) is 16.6. The summed E-state index contributed by atoms with van der Waals surface area (Å²) in [7, 11) is 1.52. The van der Waals surface area contributed by atoms with Gasteiger partial charge in [-0.15, -0.1) is 0 Å². The van der Waals surface area contributed by atoms with Crippen molar-refractivity contribution >= 4 is 17.5 Å². The molecule has 1 aliphatic heterocycles. The fraction of sp³-hybridized carbons (Fsp3) is 0.450. The van der Waals surface area contributed by atoms with E-state index in [4.69, 9.17) is 4.74 Å². The number of amides is 2. The third-order valence-electron chi connectivity index (χ3n) is 4.92. The summed E-state index contributed by atoms with van der Waals surface area (Å²) in [6.07, 6.45) is 0. The van der Waals surface area contributed by atoms with Gasteiger partial charge in [0.15, 0.2) is 0 Å². The third kappa shape index (κ3) is 4.58. The van der Waals surface area contributed by atoms with Crippen molar-refractivity contribution in [2.45, 2.75) is 13.8 Å². The molecule has 0 saturated carbocycles. The van der Waals surface area contributed by atoms with Crippen molar-refractivity contribution in [2.75, 3.05) is 51.8 Å². The molecule has 150 valence electrons. The number of piperazine rings is 1. The first-order chi connectivity index (χ1) is 13.5. The quantitative estimate of drug-likeness (QED) is 0.809. The lowest BCUT2D eigenvalue weighted by Crippen LogP contribution is -2.51. The van der Waals surface area contributed by atoms with E-state index in [0.29, 0.717) is 32.7 Å². The molecule has 0 atom stereocenters. The number of hydrogen-bond donors (Lipinski definition) is 1. The molecule has 2 aromatic rings. The summed E-state index contributed by atoms with van der Waals surface area (Å²) in [4.78, 5) is 28.2. The molecule has 8 nitrogen and oxygen atoms in total. The molecule has 8 heteroatoms. The highest BCUT2D eigenvalue weighted by Gasteiger charge is 2.23. The minimum absolute atomic E-state index is 0.00817. The normalized spacial score (nSPS) is 14.9. The van der Waals surface area contributed by atoms with Crippen LogP contribution in [0.3, 0.4) is 0 Å². The number of carbonyl (C=O) groups is 2. The Balaban J connectivity index is 1.58. The van der Waals surface area contributed by atoms with E-state index in [1.54, 1.807) is 4.90 Å². The molecule has 1 aromatic carbocycles. The van der Waals surface area contributed by atoms with E-state index in [1.807, 2.05) is 48.9 Å². The second kappa shape index (κ2) is 8.99. The zero-order valence-electron chi connectivity index (χ0n) is 16.6. The van der Waals surface area contributed by atoms with Crippen LogP contribution in [0.15, 0.2) is 30.3 Å². The molecule has 28 heavy (non-hydrogen) atoms. The van der Waals surface area contributed by atoms with E-state index in [0.717, 1.165) is 22.8 Å². The molecule has 0 radical (unpaired) electrons. The average molecular weight is 385 g/mol. The van der Waals surface area contributed by atoms with Gasteiger partial charge in [-0.1, -0.05) is 18.2 Å². The van der Waals surface area contributed by atoms with Crippen LogP contribution < -0.4 is 5.32 Å². The topological polar surface area (TPSA) is 79.7 Å². The summed E-state index contributed by atoms with van der Waals surface area (Å²) in [5.41, 5.74) is 3.39. The van der Waals surface area contributed by atoms with E-state index in [2.05, 4.69) is 15.3 Å². The molecule has 0 spiro atoms. The zero-order chi connectivity index (χ0) is 20.1. The highest BCUT2D eigenvalue weighted by molar-refractivity contribution is 5.93. The van der Waals surface area contributed by atoms with Gasteiger partial charge < -0.3 is 15.0 Å². The summed E-state index contributed by atoms with van der Waals surface area (Å²) in [5, 5.41) is 7.57. The number of methoxy groups -OCH3 is 1. The Hall–Kier alpha value is -2.71.